The molecule has 5 nitrogen and oxygen atoms in total. The summed E-state index contributed by atoms with van der Waals surface area (Å²) in [5.41, 5.74) is 1.69. The molecule has 0 aliphatic carbocycles. The van der Waals surface area contributed by atoms with Gasteiger partial charge in [0, 0.05) is 19.5 Å². The van der Waals surface area contributed by atoms with Crippen LogP contribution in [0.3, 0.4) is 0 Å². The van der Waals surface area contributed by atoms with Crippen LogP contribution in [0.1, 0.15) is 29.9 Å². The molecule has 0 fully saturated rings. The zero-order valence-corrected chi connectivity index (χ0v) is 15.0. The lowest BCUT2D eigenvalue weighted by molar-refractivity contribution is -0.141. The Morgan fingerprint density at radius 3 is 2.65 bits per heavy atom. The summed E-state index contributed by atoms with van der Waals surface area (Å²) in [4.78, 5) is 25.7. The SMILES string of the molecule is O=C(O)C1CN(C(=O)CCCOc2ccccc2Cl)Cc2ccccc21. The number of fused-ring (bicyclic) bond motifs is 1. The third-order valence-corrected chi connectivity index (χ3v) is 4.79. The van der Waals surface area contributed by atoms with E-state index in [1.807, 2.05) is 36.4 Å². The van der Waals surface area contributed by atoms with E-state index in [2.05, 4.69) is 0 Å². The van der Waals surface area contributed by atoms with Crippen molar-refractivity contribution >= 4 is 23.5 Å². The highest BCUT2D eigenvalue weighted by Crippen LogP contribution is 2.29. The third-order valence-electron chi connectivity index (χ3n) is 4.47. The van der Waals surface area contributed by atoms with E-state index in [0.717, 1.165) is 11.1 Å². The van der Waals surface area contributed by atoms with Crippen molar-refractivity contribution in [3.8, 4) is 5.75 Å². The molecule has 3 rings (SSSR count). The smallest absolute Gasteiger partial charge is 0.312 e. The Hall–Kier alpha value is -2.53. The van der Waals surface area contributed by atoms with Gasteiger partial charge in [0.05, 0.1) is 17.5 Å². The molecular formula is C20H20ClNO4. The zero-order valence-electron chi connectivity index (χ0n) is 14.2. The van der Waals surface area contributed by atoms with Crippen molar-refractivity contribution in [1.29, 1.82) is 0 Å². The molecule has 1 heterocycles. The fraction of sp³-hybridized carbons (Fsp3) is 0.300. The second-order valence-corrected chi connectivity index (χ2v) is 6.65. The molecule has 1 aliphatic heterocycles. The maximum atomic E-state index is 12.5. The van der Waals surface area contributed by atoms with Crippen LogP contribution in [-0.2, 0) is 16.1 Å². The minimum absolute atomic E-state index is 0.0616. The second kappa shape index (κ2) is 8.23. The highest BCUT2D eigenvalue weighted by molar-refractivity contribution is 6.32. The van der Waals surface area contributed by atoms with Crippen LogP contribution in [0.4, 0.5) is 0 Å². The number of hydrogen-bond donors (Lipinski definition) is 1. The van der Waals surface area contributed by atoms with Gasteiger partial charge in [0.2, 0.25) is 5.91 Å². The molecule has 2 aromatic rings. The van der Waals surface area contributed by atoms with Crippen LogP contribution in [0.2, 0.25) is 5.02 Å². The predicted octanol–water partition coefficient (Wildman–Crippen LogP) is 3.71. The fourth-order valence-corrected chi connectivity index (χ4v) is 3.32. The molecule has 0 radical (unpaired) electrons. The Morgan fingerprint density at radius 2 is 1.88 bits per heavy atom. The van der Waals surface area contributed by atoms with E-state index in [-0.39, 0.29) is 12.5 Å². The highest BCUT2D eigenvalue weighted by atomic mass is 35.5. The van der Waals surface area contributed by atoms with Crippen molar-refractivity contribution in [3.63, 3.8) is 0 Å². The molecular weight excluding hydrogens is 354 g/mol. The summed E-state index contributed by atoms with van der Waals surface area (Å²) in [7, 11) is 0. The zero-order chi connectivity index (χ0) is 18.5. The Labute approximate surface area is 157 Å². The first-order chi connectivity index (χ1) is 12.6. The first kappa shape index (κ1) is 18.3. The molecule has 0 saturated heterocycles. The Morgan fingerprint density at radius 1 is 1.15 bits per heavy atom. The van der Waals surface area contributed by atoms with Crippen LogP contribution in [0.15, 0.2) is 48.5 Å². The molecule has 26 heavy (non-hydrogen) atoms. The molecule has 0 spiro atoms. The highest BCUT2D eigenvalue weighted by Gasteiger charge is 2.31. The van der Waals surface area contributed by atoms with Gasteiger partial charge in [-0.15, -0.1) is 0 Å². The van der Waals surface area contributed by atoms with Gasteiger partial charge in [-0.1, -0.05) is 48.0 Å². The fourth-order valence-electron chi connectivity index (χ4n) is 3.13. The van der Waals surface area contributed by atoms with Crippen molar-refractivity contribution in [2.24, 2.45) is 0 Å². The number of halogens is 1. The quantitative estimate of drug-likeness (QED) is 0.784. The molecule has 1 N–H and O–H groups in total. The topological polar surface area (TPSA) is 66.8 Å². The van der Waals surface area contributed by atoms with E-state index in [0.29, 0.717) is 36.8 Å². The summed E-state index contributed by atoms with van der Waals surface area (Å²) in [6.45, 7) is 1.03. The summed E-state index contributed by atoms with van der Waals surface area (Å²) in [5.74, 6) is -1.05. The number of ether oxygens (including phenoxy) is 1. The van der Waals surface area contributed by atoms with E-state index in [1.165, 1.54) is 0 Å². The number of rotatable bonds is 6. The Balaban J connectivity index is 1.55. The van der Waals surface area contributed by atoms with Crippen LogP contribution in [-0.4, -0.2) is 35.0 Å². The monoisotopic (exact) mass is 373 g/mol. The number of amides is 1. The number of carboxylic acids is 1. The molecule has 1 unspecified atom stereocenters. The third kappa shape index (κ3) is 4.17. The van der Waals surface area contributed by atoms with Crippen LogP contribution in [0, 0.1) is 0 Å². The molecule has 1 amide bonds. The number of carbonyl (C=O) groups excluding carboxylic acids is 1. The summed E-state index contributed by atoms with van der Waals surface area (Å²) in [5, 5.41) is 10.0. The van der Waals surface area contributed by atoms with E-state index in [4.69, 9.17) is 16.3 Å². The van der Waals surface area contributed by atoms with Gasteiger partial charge in [-0.2, -0.15) is 0 Å². The largest absolute Gasteiger partial charge is 0.492 e. The van der Waals surface area contributed by atoms with Crippen molar-refractivity contribution in [3.05, 3.63) is 64.7 Å². The number of hydrogen-bond acceptors (Lipinski definition) is 3. The normalized spacial score (nSPS) is 16.0. The summed E-state index contributed by atoms with van der Waals surface area (Å²) < 4.78 is 5.59. The number of nitrogens with zero attached hydrogens (tertiary/aromatic N) is 1. The molecule has 1 atom stereocenters. The minimum Gasteiger partial charge on any atom is -0.492 e. The van der Waals surface area contributed by atoms with E-state index in [9.17, 15) is 14.7 Å². The van der Waals surface area contributed by atoms with Gasteiger partial charge >= 0.3 is 5.97 Å². The lowest BCUT2D eigenvalue weighted by atomic mass is 9.89. The molecule has 1 aliphatic rings. The lowest BCUT2D eigenvalue weighted by Crippen LogP contribution is -2.40. The lowest BCUT2D eigenvalue weighted by Gasteiger charge is -2.33. The van der Waals surface area contributed by atoms with E-state index < -0.39 is 11.9 Å². The molecule has 136 valence electrons. The molecule has 0 saturated carbocycles. The predicted molar refractivity (Wildman–Crippen MR) is 98.4 cm³/mol. The van der Waals surface area contributed by atoms with Crippen LogP contribution < -0.4 is 4.74 Å². The van der Waals surface area contributed by atoms with Gasteiger partial charge < -0.3 is 14.7 Å². The maximum absolute atomic E-state index is 12.5. The van der Waals surface area contributed by atoms with Gasteiger partial charge in [0.15, 0.2) is 0 Å². The summed E-state index contributed by atoms with van der Waals surface area (Å²) >= 11 is 6.03. The van der Waals surface area contributed by atoms with Crippen LogP contribution in [0.25, 0.3) is 0 Å². The average molecular weight is 374 g/mol. The van der Waals surface area contributed by atoms with Gasteiger partial charge in [0.25, 0.3) is 0 Å². The number of carboxylic acid groups (broad SMARTS) is 1. The number of para-hydroxylation sites is 1. The van der Waals surface area contributed by atoms with E-state index in [1.54, 1.807) is 17.0 Å². The Kier molecular flexibility index (Phi) is 5.78. The van der Waals surface area contributed by atoms with Crippen LogP contribution >= 0.6 is 11.6 Å². The van der Waals surface area contributed by atoms with Gasteiger partial charge in [-0.3, -0.25) is 9.59 Å². The number of carbonyl (C=O) groups is 2. The molecule has 2 aromatic carbocycles. The summed E-state index contributed by atoms with van der Waals surface area (Å²) in [6, 6.07) is 14.6. The van der Waals surface area contributed by atoms with E-state index >= 15 is 0 Å². The van der Waals surface area contributed by atoms with Crippen molar-refractivity contribution in [1.82, 2.24) is 4.90 Å². The molecule has 6 heteroatoms. The van der Waals surface area contributed by atoms with Gasteiger partial charge in [-0.25, -0.2) is 0 Å². The first-order valence-electron chi connectivity index (χ1n) is 8.52. The maximum Gasteiger partial charge on any atom is 0.312 e. The molecule has 0 aromatic heterocycles. The minimum atomic E-state index is -0.906. The summed E-state index contributed by atoms with van der Waals surface area (Å²) in [6.07, 6.45) is 0.846. The van der Waals surface area contributed by atoms with Gasteiger partial charge in [-0.05, 0) is 29.7 Å². The van der Waals surface area contributed by atoms with Crippen molar-refractivity contribution in [2.75, 3.05) is 13.2 Å². The number of aliphatic carboxylic acids is 1. The second-order valence-electron chi connectivity index (χ2n) is 6.25. The first-order valence-corrected chi connectivity index (χ1v) is 8.90. The number of benzene rings is 2. The van der Waals surface area contributed by atoms with Crippen LogP contribution in [0.5, 0.6) is 5.75 Å². The Bertz CT molecular complexity index is 808. The van der Waals surface area contributed by atoms with Gasteiger partial charge in [0.1, 0.15) is 5.75 Å². The molecule has 0 bridgehead atoms. The van der Waals surface area contributed by atoms with Crippen molar-refractivity contribution in [2.45, 2.75) is 25.3 Å². The standard InChI is InChI=1S/C20H20ClNO4/c21-17-8-3-4-9-18(17)26-11-5-10-19(23)22-12-14-6-1-2-7-15(14)16(13-22)20(24)25/h1-4,6-9,16H,5,10-13H2,(H,24,25). The average Bonchev–Trinajstić information content (AvgIpc) is 2.65. The van der Waals surface area contributed by atoms with Crippen molar-refractivity contribution < 1.29 is 19.4 Å².